The van der Waals surface area contributed by atoms with Crippen LogP contribution in [0, 0.1) is 5.92 Å². The van der Waals surface area contributed by atoms with Gasteiger partial charge in [0.2, 0.25) is 5.91 Å². The average Bonchev–Trinajstić information content (AvgIpc) is 2.78. The van der Waals surface area contributed by atoms with Gasteiger partial charge in [0, 0.05) is 13.1 Å². The molecule has 0 radical (unpaired) electrons. The van der Waals surface area contributed by atoms with Crippen molar-refractivity contribution in [2.45, 2.75) is 52.0 Å². The summed E-state index contributed by atoms with van der Waals surface area (Å²) >= 11 is 0. The van der Waals surface area contributed by atoms with Crippen LogP contribution in [0.15, 0.2) is 0 Å². The largest absolute Gasteiger partial charge is 0.354 e. The molecule has 1 fully saturated rings. The van der Waals surface area contributed by atoms with E-state index in [1.807, 2.05) is 13.8 Å². The van der Waals surface area contributed by atoms with Crippen LogP contribution in [0.25, 0.3) is 0 Å². The number of hydrogen-bond acceptors (Lipinski definition) is 3. The van der Waals surface area contributed by atoms with Crippen LogP contribution in [0.4, 0.5) is 0 Å². The lowest BCUT2D eigenvalue weighted by molar-refractivity contribution is -0.126. The fourth-order valence-corrected chi connectivity index (χ4v) is 2.57. The molecule has 0 aromatic heterocycles. The maximum atomic E-state index is 11.9. The summed E-state index contributed by atoms with van der Waals surface area (Å²) in [6, 6.07) is 0. The van der Waals surface area contributed by atoms with Gasteiger partial charge in [-0.15, -0.1) is 12.4 Å². The number of nitrogens with two attached hydrogens (primary N) is 1. The molecule has 1 aliphatic rings. The van der Waals surface area contributed by atoms with Crippen molar-refractivity contribution in [3.63, 3.8) is 0 Å². The summed E-state index contributed by atoms with van der Waals surface area (Å²) in [4.78, 5) is 14.4. The number of carbonyl (C=O) groups excluding carboxylic acids is 1. The Labute approximate surface area is 123 Å². The van der Waals surface area contributed by atoms with Gasteiger partial charge in [0.15, 0.2) is 0 Å². The molecule has 0 bridgehead atoms. The molecule has 0 aromatic rings. The Bertz CT molecular complexity index is 265. The Hall–Kier alpha value is -0.320. The van der Waals surface area contributed by atoms with Crippen LogP contribution in [0.3, 0.4) is 0 Å². The predicted octanol–water partition coefficient (Wildman–Crippen LogP) is 1.77. The lowest BCUT2D eigenvalue weighted by atomic mass is 9.96. The second-order valence-corrected chi connectivity index (χ2v) is 5.99. The number of amides is 1. The van der Waals surface area contributed by atoms with Crippen LogP contribution < -0.4 is 11.1 Å². The summed E-state index contributed by atoms with van der Waals surface area (Å²) in [6.45, 7) is 10.3. The topological polar surface area (TPSA) is 58.4 Å². The Morgan fingerprint density at radius 1 is 1.42 bits per heavy atom. The number of carbonyl (C=O) groups is 1. The molecule has 0 spiro atoms. The first-order chi connectivity index (χ1) is 8.45. The van der Waals surface area contributed by atoms with E-state index in [2.05, 4.69) is 17.1 Å². The number of nitrogens with one attached hydrogen (secondary N) is 1. The SMILES string of the molecule is CCCC(C)(N)C(=O)NCC(C)CN1CCCC1.Cl. The molecule has 1 amide bonds. The fraction of sp³-hybridized carbons (Fsp3) is 0.929. The quantitative estimate of drug-likeness (QED) is 0.752. The van der Waals surface area contributed by atoms with Crippen LogP contribution in [0.5, 0.6) is 0 Å². The van der Waals surface area contributed by atoms with Gasteiger partial charge in [0.25, 0.3) is 0 Å². The maximum Gasteiger partial charge on any atom is 0.239 e. The molecular weight excluding hydrogens is 262 g/mol. The van der Waals surface area contributed by atoms with Crippen molar-refractivity contribution in [3.05, 3.63) is 0 Å². The van der Waals surface area contributed by atoms with Crippen molar-refractivity contribution >= 4 is 18.3 Å². The molecule has 1 rings (SSSR count). The van der Waals surface area contributed by atoms with Crippen LogP contribution in [-0.2, 0) is 4.79 Å². The van der Waals surface area contributed by atoms with Crippen molar-refractivity contribution < 1.29 is 4.79 Å². The van der Waals surface area contributed by atoms with E-state index in [0.29, 0.717) is 5.92 Å². The highest BCUT2D eigenvalue weighted by Crippen LogP contribution is 2.11. The minimum absolute atomic E-state index is 0. The highest BCUT2D eigenvalue weighted by Gasteiger charge is 2.27. The van der Waals surface area contributed by atoms with Crippen molar-refractivity contribution in [1.29, 1.82) is 0 Å². The van der Waals surface area contributed by atoms with Crippen molar-refractivity contribution in [3.8, 4) is 0 Å². The van der Waals surface area contributed by atoms with Crippen LogP contribution in [0.1, 0.15) is 46.5 Å². The van der Waals surface area contributed by atoms with E-state index in [-0.39, 0.29) is 18.3 Å². The van der Waals surface area contributed by atoms with Gasteiger partial charge in [0.05, 0.1) is 5.54 Å². The summed E-state index contributed by atoms with van der Waals surface area (Å²) in [5, 5.41) is 2.99. The summed E-state index contributed by atoms with van der Waals surface area (Å²) < 4.78 is 0. The highest BCUT2D eigenvalue weighted by molar-refractivity contribution is 5.85. The summed E-state index contributed by atoms with van der Waals surface area (Å²) in [5.41, 5.74) is 5.28. The monoisotopic (exact) mass is 291 g/mol. The second kappa shape index (κ2) is 8.77. The minimum atomic E-state index is -0.720. The first-order valence-corrected chi connectivity index (χ1v) is 7.25. The average molecular weight is 292 g/mol. The predicted molar refractivity (Wildman–Crippen MR) is 82.6 cm³/mol. The van der Waals surface area contributed by atoms with Crippen LogP contribution in [0.2, 0.25) is 0 Å². The zero-order valence-electron chi connectivity index (χ0n) is 12.6. The molecule has 4 nitrogen and oxygen atoms in total. The molecular formula is C14H30ClN3O. The Kier molecular flexibility index (Phi) is 8.62. The second-order valence-electron chi connectivity index (χ2n) is 5.99. The van der Waals surface area contributed by atoms with Crippen molar-refractivity contribution in [2.24, 2.45) is 11.7 Å². The van der Waals surface area contributed by atoms with E-state index in [0.717, 1.165) is 25.9 Å². The standard InChI is InChI=1S/C14H29N3O.ClH/c1-4-7-14(3,15)13(18)16-10-12(2)11-17-8-5-6-9-17;/h12H,4-11,15H2,1-3H3,(H,16,18);1H. The van der Waals surface area contributed by atoms with Gasteiger partial charge < -0.3 is 16.0 Å². The number of rotatable bonds is 7. The van der Waals surface area contributed by atoms with E-state index in [1.54, 1.807) is 0 Å². The van der Waals surface area contributed by atoms with Crippen molar-refractivity contribution in [1.82, 2.24) is 10.2 Å². The first kappa shape index (κ1) is 18.7. The van der Waals surface area contributed by atoms with Gasteiger partial charge in [-0.05, 0) is 45.2 Å². The number of hydrogen-bond donors (Lipinski definition) is 2. The van der Waals surface area contributed by atoms with Gasteiger partial charge in [-0.3, -0.25) is 4.79 Å². The number of nitrogens with zero attached hydrogens (tertiary/aromatic N) is 1. The molecule has 0 saturated carbocycles. The van der Waals surface area contributed by atoms with Gasteiger partial charge in [-0.25, -0.2) is 0 Å². The zero-order chi connectivity index (χ0) is 13.6. The Morgan fingerprint density at radius 2 is 2.00 bits per heavy atom. The van der Waals surface area contributed by atoms with Gasteiger partial charge in [-0.2, -0.15) is 0 Å². The third kappa shape index (κ3) is 6.59. The normalized spacial score (nSPS) is 20.4. The molecule has 1 heterocycles. The van der Waals surface area contributed by atoms with Crippen molar-refractivity contribution in [2.75, 3.05) is 26.2 Å². The van der Waals surface area contributed by atoms with Gasteiger partial charge >= 0.3 is 0 Å². The van der Waals surface area contributed by atoms with Crippen LogP contribution >= 0.6 is 12.4 Å². The smallest absolute Gasteiger partial charge is 0.239 e. The Morgan fingerprint density at radius 3 is 2.53 bits per heavy atom. The molecule has 1 saturated heterocycles. The van der Waals surface area contributed by atoms with Gasteiger partial charge in [-0.1, -0.05) is 20.3 Å². The first-order valence-electron chi connectivity index (χ1n) is 7.25. The summed E-state index contributed by atoms with van der Waals surface area (Å²) in [5.74, 6) is 0.474. The third-order valence-corrected chi connectivity index (χ3v) is 3.67. The molecule has 0 aliphatic carbocycles. The molecule has 19 heavy (non-hydrogen) atoms. The highest BCUT2D eigenvalue weighted by atomic mass is 35.5. The molecule has 3 N–H and O–H groups in total. The number of likely N-dealkylation sites (tertiary alicyclic amines) is 1. The lowest BCUT2D eigenvalue weighted by Gasteiger charge is -2.25. The van der Waals surface area contributed by atoms with E-state index < -0.39 is 5.54 Å². The number of halogens is 1. The summed E-state index contributed by atoms with van der Waals surface area (Å²) in [6.07, 6.45) is 4.30. The van der Waals surface area contributed by atoms with E-state index in [4.69, 9.17) is 5.73 Å². The molecule has 0 aromatic carbocycles. The molecule has 5 heteroatoms. The Balaban J connectivity index is 0.00000324. The van der Waals surface area contributed by atoms with E-state index in [1.165, 1.54) is 25.9 Å². The third-order valence-electron chi connectivity index (χ3n) is 3.67. The lowest BCUT2D eigenvalue weighted by Crippen LogP contribution is -2.52. The zero-order valence-corrected chi connectivity index (χ0v) is 13.4. The fourth-order valence-electron chi connectivity index (χ4n) is 2.57. The molecule has 2 atom stereocenters. The van der Waals surface area contributed by atoms with E-state index >= 15 is 0 Å². The maximum absolute atomic E-state index is 11.9. The molecule has 2 unspecified atom stereocenters. The minimum Gasteiger partial charge on any atom is -0.354 e. The van der Waals surface area contributed by atoms with E-state index in [9.17, 15) is 4.79 Å². The van der Waals surface area contributed by atoms with Gasteiger partial charge in [0.1, 0.15) is 0 Å². The summed E-state index contributed by atoms with van der Waals surface area (Å²) in [7, 11) is 0. The molecule has 114 valence electrons. The van der Waals surface area contributed by atoms with Crippen LogP contribution in [-0.4, -0.2) is 42.5 Å². The molecule has 1 aliphatic heterocycles.